The predicted octanol–water partition coefficient (Wildman–Crippen LogP) is 1.80. The Hall–Kier alpha value is -3.33. The van der Waals surface area contributed by atoms with Crippen molar-refractivity contribution >= 4 is 28.5 Å². The SMILES string of the molecule is CCCCc1c(O)n2c3c(=O)n(C)c(=O)n(C)c3nc2n(Cc2ccc(Cl)cc2)c1=O. The Labute approximate surface area is 181 Å². The molecule has 3 aromatic heterocycles. The molecule has 3 heterocycles. The van der Waals surface area contributed by atoms with E-state index in [1.165, 1.54) is 27.6 Å². The van der Waals surface area contributed by atoms with Crippen LogP contribution in [-0.4, -0.2) is 28.2 Å². The molecular formula is C21H22ClN5O4. The van der Waals surface area contributed by atoms with E-state index in [0.29, 0.717) is 17.9 Å². The second-order valence-electron chi connectivity index (χ2n) is 7.55. The van der Waals surface area contributed by atoms with Gasteiger partial charge in [0.25, 0.3) is 11.1 Å². The number of imidazole rings is 1. The zero-order valence-electron chi connectivity index (χ0n) is 17.4. The first-order valence-corrected chi connectivity index (χ1v) is 10.3. The number of aromatic hydroxyl groups is 1. The van der Waals surface area contributed by atoms with Crippen LogP contribution in [0.3, 0.4) is 0 Å². The molecule has 0 saturated heterocycles. The maximum absolute atomic E-state index is 13.3. The van der Waals surface area contributed by atoms with Gasteiger partial charge in [0, 0.05) is 19.1 Å². The van der Waals surface area contributed by atoms with E-state index >= 15 is 0 Å². The largest absolute Gasteiger partial charge is 0.494 e. The summed E-state index contributed by atoms with van der Waals surface area (Å²) in [6, 6.07) is 7.03. The summed E-state index contributed by atoms with van der Waals surface area (Å²) in [5, 5.41) is 11.6. The molecule has 0 amide bonds. The minimum atomic E-state index is -0.598. The van der Waals surface area contributed by atoms with Crippen LogP contribution in [0.5, 0.6) is 5.88 Å². The lowest BCUT2D eigenvalue weighted by Crippen LogP contribution is -2.37. The Balaban J connectivity index is 2.14. The number of benzene rings is 1. The highest BCUT2D eigenvalue weighted by atomic mass is 35.5. The van der Waals surface area contributed by atoms with Gasteiger partial charge in [0.15, 0.2) is 11.2 Å². The molecule has 0 fully saturated rings. The summed E-state index contributed by atoms with van der Waals surface area (Å²) in [6.07, 6.45) is 1.87. The molecule has 0 saturated carbocycles. The molecule has 31 heavy (non-hydrogen) atoms. The van der Waals surface area contributed by atoms with Gasteiger partial charge in [0.1, 0.15) is 0 Å². The van der Waals surface area contributed by atoms with Crippen LogP contribution in [0.25, 0.3) is 16.9 Å². The average molecular weight is 444 g/mol. The summed E-state index contributed by atoms with van der Waals surface area (Å²) in [7, 11) is 2.86. The molecule has 1 N–H and O–H groups in total. The third-order valence-electron chi connectivity index (χ3n) is 5.50. The van der Waals surface area contributed by atoms with E-state index in [-0.39, 0.29) is 40.5 Å². The van der Waals surface area contributed by atoms with Crippen molar-refractivity contribution < 1.29 is 5.11 Å². The molecule has 0 atom stereocenters. The number of halogens is 1. The zero-order valence-corrected chi connectivity index (χ0v) is 18.2. The van der Waals surface area contributed by atoms with Crippen molar-refractivity contribution in [3.05, 3.63) is 71.6 Å². The summed E-state index contributed by atoms with van der Waals surface area (Å²) in [5.41, 5.74) is -0.379. The van der Waals surface area contributed by atoms with Crippen molar-refractivity contribution in [1.29, 1.82) is 0 Å². The molecule has 0 spiro atoms. The molecular weight excluding hydrogens is 422 g/mol. The van der Waals surface area contributed by atoms with E-state index in [0.717, 1.165) is 16.6 Å². The number of hydrogen-bond acceptors (Lipinski definition) is 5. The van der Waals surface area contributed by atoms with E-state index < -0.39 is 11.2 Å². The first-order valence-electron chi connectivity index (χ1n) is 9.93. The Morgan fingerprint density at radius 3 is 2.35 bits per heavy atom. The average Bonchev–Trinajstić information content (AvgIpc) is 3.16. The number of aryl methyl sites for hydroxylation is 1. The monoisotopic (exact) mass is 443 g/mol. The lowest BCUT2D eigenvalue weighted by molar-refractivity contribution is 0.432. The number of unbranched alkanes of at least 4 members (excludes halogenated alkanes) is 1. The molecule has 0 aliphatic carbocycles. The van der Waals surface area contributed by atoms with Crippen molar-refractivity contribution in [2.45, 2.75) is 32.7 Å². The highest BCUT2D eigenvalue weighted by Gasteiger charge is 2.24. The van der Waals surface area contributed by atoms with Gasteiger partial charge in [0.2, 0.25) is 11.7 Å². The van der Waals surface area contributed by atoms with Crippen molar-refractivity contribution in [2.75, 3.05) is 0 Å². The standard InChI is InChI=1S/C21H22ClN5O4/c1-4-5-6-14-17(28)26(11-12-7-9-13(22)10-8-12)20-23-16-15(27(20)18(14)29)19(30)25(3)21(31)24(16)2/h7-10,29H,4-6,11H2,1-3H3. The summed E-state index contributed by atoms with van der Waals surface area (Å²) < 4.78 is 4.87. The number of nitrogens with zero attached hydrogens (tertiary/aromatic N) is 5. The van der Waals surface area contributed by atoms with Crippen molar-refractivity contribution in [1.82, 2.24) is 23.1 Å². The van der Waals surface area contributed by atoms with Gasteiger partial charge in [-0.2, -0.15) is 4.98 Å². The number of rotatable bonds is 5. The summed E-state index contributed by atoms with van der Waals surface area (Å²) in [6.45, 7) is 2.15. The van der Waals surface area contributed by atoms with Gasteiger partial charge in [-0.3, -0.25) is 23.3 Å². The summed E-state index contributed by atoms with van der Waals surface area (Å²) in [5.74, 6) is -0.231. The third-order valence-corrected chi connectivity index (χ3v) is 5.75. The van der Waals surface area contributed by atoms with E-state index in [2.05, 4.69) is 4.98 Å². The first kappa shape index (κ1) is 20.9. The molecule has 1 aromatic carbocycles. The van der Waals surface area contributed by atoms with Crippen molar-refractivity contribution in [3.63, 3.8) is 0 Å². The Kier molecular flexibility index (Phi) is 5.22. The van der Waals surface area contributed by atoms with Gasteiger partial charge >= 0.3 is 5.69 Å². The van der Waals surface area contributed by atoms with Crippen LogP contribution in [0.2, 0.25) is 5.02 Å². The van der Waals surface area contributed by atoms with Crippen LogP contribution in [0, 0.1) is 0 Å². The first-order chi connectivity index (χ1) is 14.8. The maximum Gasteiger partial charge on any atom is 0.332 e. The van der Waals surface area contributed by atoms with Gasteiger partial charge in [-0.1, -0.05) is 37.1 Å². The van der Waals surface area contributed by atoms with E-state index in [9.17, 15) is 19.5 Å². The maximum atomic E-state index is 13.3. The Morgan fingerprint density at radius 1 is 1.03 bits per heavy atom. The molecule has 9 nitrogen and oxygen atoms in total. The van der Waals surface area contributed by atoms with E-state index in [1.807, 2.05) is 6.92 Å². The third kappa shape index (κ3) is 3.25. The fraction of sp³-hybridized carbons (Fsp3) is 0.333. The normalized spacial score (nSPS) is 11.6. The number of aromatic nitrogens is 5. The second-order valence-corrected chi connectivity index (χ2v) is 7.99. The fourth-order valence-electron chi connectivity index (χ4n) is 3.74. The van der Waals surface area contributed by atoms with Crippen LogP contribution in [0.15, 0.2) is 38.6 Å². The predicted molar refractivity (Wildman–Crippen MR) is 118 cm³/mol. The van der Waals surface area contributed by atoms with Crippen molar-refractivity contribution in [2.24, 2.45) is 14.1 Å². The van der Waals surface area contributed by atoms with Gasteiger partial charge in [-0.25, -0.2) is 9.20 Å². The minimum absolute atomic E-state index is 0.0414. The zero-order chi connectivity index (χ0) is 22.4. The quantitative estimate of drug-likeness (QED) is 0.506. The van der Waals surface area contributed by atoms with Crippen LogP contribution in [0.4, 0.5) is 0 Å². The van der Waals surface area contributed by atoms with Crippen LogP contribution in [-0.2, 0) is 27.1 Å². The summed E-state index contributed by atoms with van der Waals surface area (Å²) >= 11 is 5.97. The molecule has 0 aliphatic heterocycles. The fourth-order valence-corrected chi connectivity index (χ4v) is 3.86. The molecule has 0 bridgehead atoms. The highest BCUT2D eigenvalue weighted by molar-refractivity contribution is 6.30. The highest BCUT2D eigenvalue weighted by Crippen LogP contribution is 2.23. The molecule has 0 aliphatic rings. The summed E-state index contributed by atoms with van der Waals surface area (Å²) in [4.78, 5) is 43.1. The molecule has 0 radical (unpaired) electrons. The van der Waals surface area contributed by atoms with Gasteiger partial charge in [-0.05, 0) is 30.5 Å². The Morgan fingerprint density at radius 2 is 1.71 bits per heavy atom. The van der Waals surface area contributed by atoms with E-state index in [1.54, 1.807) is 24.3 Å². The lowest BCUT2D eigenvalue weighted by atomic mass is 10.1. The van der Waals surface area contributed by atoms with Crippen LogP contribution in [0.1, 0.15) is 30.9 Å². The van der Waals surface area contributed by atoms with Crippen LogP contribution < -0.4 is 16.8 Å². The smallest absolute Gasteiger partial charge is 0.332 e. The molecule has 4 aromatic rings. The topological polar surface area (TPSA) is 104 Å². The van der Waals surface area contributed by atoms with Crippen LogP contribution >= 0.6 is 11.6 Å². The van der Waals surface area contributed by atoms with Gasteiger partial charge in [0.05, 0.1) is 12.1 Å². The Bertz CT molecular complexity index is 1490. The van der Waals surface area contributed by atoms with E-state index in [4.69, 9.17) is 11.6 Å². The molecule has 162 valence electrons. The van der Waals surface area contributed by atoms with Gasteiger partial charge < -0.3 is 5.11 Å². The van der Waals surface area contributed by atoms with Gasteiger partial charge in [-0.15, -0.1) is 0 Å². The van der Waals surface area contributed by atoms with Crippen molar-refractivity contribution in [3.8, 4) is 5.88 Å². The minimum Gasteiger partial charge on any atom is -0.494 e. The molecule has 4 rings (SSSR count). The number of fused-ring (bicyclic) bond motifs is 3. The molecule has 0 unspecified atom stereocenters. The molecule has 10 heteroatoms. The second kappa shape index (κ2) is 7.73. The lowest BCUT2D eigenvalue weighted by Gasteiger charge is -2.13. The number of hydrogen-bond donors (Lipinski definition) is 1.